The van der Waals surface area contributed by atoms with Crippen LogP contribution in [0.1, 0.15) is 5.56 Å². The molecule has 0 radical (unpaired) electrons. The van der Waals surface area contributed by atoms with E-state index in [4.69, 9.17) is 4.74 Å². The van der Waals surface area contributed by atoms with Crippen LogP contribution in [0.25, 0.3) is 11.3 Å². The van der Waals surface area contributed by atoms with Gasteiger partial charge in [-0.3, -0.25) is 0 Å². The van der Waals surface area contributed by atoms with E-state index >= 15 is 0 Å². The number of morpholine rings is 1. The van der Waals surface area contributed by atoms with Gasteiger partial charge in [0.05, 0.1) is 18.9 Å². The maximum absolute atomic E-state index is 11.5. The van der Waals surface area contributed by atoms with Crippen molar-refractivity contribution in [1.29, 1.82) is 0 Å². The number of carboxylic acid groups (broad SMARTS) is 1. The third-order valence-corrected chi connectivity index (χ3v) is 5.60. The van der Waals surface area contributed by atoms with Gasteiger partial charge in [-0.05, 0) is 17.7 Å². The quantitative estimate of drug-likeness (QED) is 0.569. The van der Waals surface area contributed by atoms with Gasteiger partial charge in [-0.2, -0.15) is 5.11 Å². The van der Waals surface area contributed by atoms with Crippen molar-refractivity contribution >= 4 is 28.1 Å². The van der Waals surface area contributed by atoms with Crippen LogP contribution in [-0.4, -0.2) is 48.4 Å². The largest absolute Gasteiger partial charge is 0.480 e. The van der Waals surface area contributed by atoms with Crippen molar-refractivity contribution in [3.8, 4) is 11.3 Å². The van der Waals surface area contributed by atoms with Gasteiger partial charge in [0.25, 0.3) is 0 Å². The van der Waals surface area contributed by atoms with Crippen LogP contribution in [0, 0.1) is 0 Å². The normalized spacial score (nSPS) is 15.4. The highest BCUT2D eigenvalue weighted by atomic mass is 32.1. The third kappa shape index (κ3) is 5.08. The molecule has 0 spiro atoms. The van der Waals surface area contributed by atoms with E-state index in [2.05, 4.69) is 32.2 Å². The predicted molar refractivity (Wildman–Crippen MR) is 117 cm³/mol. The second kappa shape index (κ2) is 9.60. The van der Waals surface area contributed by atoms with Gasteiger partial charge < -0.3 is 14.7 Å². The van der Waals surface area contributed by atoms with Gasteiger partial charge in [-0.15, -0.1) is 16.5 Å². The molecule has 2 heterocycles. The number of carboxylic acids is 1. The summed E-state index contributed by atoms with van der Waals surface area (Å²) in [6.45, 7) is 3.30. The second-order valence-corrected chi connectivity index (χ2v) is 7.76. The van der Waals surface area contributed by atoms with Gasteiger partial charge in [-0.1, -0.05) is 42.5 Å². The van der Waals surface area contributed by atoms with Crippen LogP contribution in [0.15, 0.2) is 70.2 Å². The standard InChI is InChI=1S/C22H22N4O3S/c27-21(28)19(14-16-4-2-1-3-5-16)24-25-22-23-20(15-30-22)17-6-8-18(9-7-17)26-10-12-29-13-11-26/h1-9,15,19H,10-14H2,(H,27,28). The lowest BCUT2D eigenvalue weighted by atomic mass is 10.1. The number of anilines is 1. The molecule has 0 aliphatic carbocycles. The predicted octanol–water partition coefficient (Wildman–Crippen LogP) is 4.43. The number of nitrogens with zero attached hydrogens (tertiary/aromatic N) is 4. The molecule has 8 heteroatoms. The molecule has 30 heavy (non-hydrogen) atoms. The molecule has 154 valence electrons. The van der Waals surface area contributed by atoms with Crippen LogP contribution in [0.2, 0.25) is 0 Å². The Balaban J connectivity index is 1.43. The number of ether oxygens (including phenoxy) is 1. The number of carbonyl (C=O) groups is 1. The molecule has 4 rings (SSSR count). The smallest absolute Gasteiger partial charge is 0.330 e. The Kier molecular flexibility index (Phi) is 6.46. The molecule has 0 bridgehead atoms. The average Bonchev–Trinajstić information content (AvgIpc) is 3.27. The maximum atomic E-state index is 11.5. The van der Waals surface area contributed by atoms with Gasteiger partial charge in [0.2, 0.25) is 5.13 Å². The molecule has 1 aromatic heterocycles. The molecule has 1 aliphatic heterocycles. The Morgan fingerprint density at radius 3 is 2.57 bits per heavy atom. The molecule has 1 unspecified atom stereocenters. The Labute approximate surface area is 178 Å². The monoisotopic (exact) mass is 422 g/mol. The molecule has 2 aromatic carbocycles. The molecule has 1 atom stereocenters. The Morgan fingerprint density at radius 1 is 1.13 bits per heavy atom. The molecule has 0 saturated carbocycles. The van der Waals surface area contributed by atoms with Crippen LogP contribution in [0.4, 0.5) is 10.8 Å². The number of hydrogen-bond donors (Lipinski definition) is 1. The molecule has 1 aliphatic rings. The Hall–Kier alpha value is -3.10. The fourth-order valence-corrected chi connectivity index (χ4v) is 3.89. The highest BCUT2D eigenvalue weighted by Crippen LogP contribution is 2.29. The average molecular weight is 423 g/mol. The number of thiazole rings is 1. The summed E-state index contributed by atoms with van der Waals surface area (Å²) >= 11 is 1.35. The zero-order valence-corrected chi connectivity index (χ0v) is 17.2. The van der Waals surface area contributed by atoms with E-state index in [1.54, 1.807) is 0 Å². The van der Waals surface area contributed by atoms with Gasteiger partial charge in [-0.25, -0.2) is 9.78 Å². The Morgan fingerprint density at radius 2 is 1.87 bits per heavy atom. The summed E-state index contributed by atoms with van der Waals surface area (Å²) in [5, 5.41) is 19.9. The first-order valence-corrected chi connectivity index (χ1v) is 10.6. The van der Waals surface area contributed by atoms with Crippen LogP contribution in [0.3, 0.4) is 0 Å². The Bertz CT molecular complexity index is 999. The van der Waals surface area contributed by atoms with E-state index in [-0.39, 0.29) is 0 Å². The zero-order valence-electron chi connectivity index (χ0n) is 16.3. The second-order valence-electron chi connectivity index (χ2n) is 6.92. The first-order chi connectivity index (χ1) is 14.7. The first-order valence-electron chi connectivity index (χ1n) is 9.75. The van der Waals surface area contributed by atoms with Crippen LogP contribution < -0.4 is 4.90 Å². The summed E-state index contributed by atoms with van der Waals surface area (Å²) < 4.78 is 5.40. The molecule has 3 aromatic rings. The summed E-state index contributed by atoms with van der Waals surface area (Å²) in [6.07, 6.45) is 0.293. The van der Waals surface area contributed by atoms with E-state index in [0.717, 1.165) is 43.1 Å². The number of azo groups is 1. The molecule has 1 fully saturated rings. The number of hydrogen-bond acceptors (Lipinski definition) is 7. The highest BCUT2D eigenvalue weighted by molar-refractivity contribution is 7.13. The van der Waals surface area contributed by atoms with Crippen molar-refractivity contribution in [3.05, 3.63) is 65.5 Å². The van der Waals surface area contributed by atoms with Crippen LogP contribution in [0.5, 0.6) is 0 Å². The first kappa shape index (κ1) is 20.2. The SMILES string of the molecule is O=C(O)C(Cc1ccccc1)N=Nc1nc(-c2ccc(N3CCOCC3)cc2)cs1. The van der Waals surface area contributed by atoms with Crippen molar-refractivity contribution in [3.63, 3.8) is 0 Å². The molecule has 1 N–H and O–H groups in total. The van der Waals surface area contributed by atoms with Crippen molar-refractivity contribution < 1.29 is 14.6 Å². The minimum Gasteiger partial charge on any atom is -0.480 e. The fourth-order valence-electron chi connectivity index (χ4n) is 3.24. The maximum Gasteiger partial charge on any atom is 0.330 e. The number of aliphatic carboxylic acids is 1. The van der Waals surface area contributed by atoms with E-state index < -0.39 is 12.0 Å². The highest BCUT2D eigenvalue weighted by Gasteiger charge is 2.17. The van der Waals surface area contributed by atoms with Crippen molar-refractivity contribution in [1.82, 2.24) is 4.98 Å². The lowest BCUT2D eigenvalue weighted by Crippen LogP contribution is -2.36. The summed E-state index contributed by atoms with van der Waals surface area (Å²) in [6, 6.07) is 16.7. The fraction of sp³-hybridized carbons (Fsp3) is 0.273. The number of rotatable bonds is 7. The lowest BCUT2D eigenvalue weighted by molar-refractivity contribution is -0.138. The molecular formula is C22H22N4O3S. The van der Waals surface area contributed by atoms with E-state index in [1.807, 2.05) is 47.8 Å². The van der Waals surface area contributed by atoms with Crippen molar-refractivity contribution in [2.24, 2.45) is 10.2 Å². The number of benzene rings is 2. The van der Waals surface area contributed by atoms with E-state index in [1.165, 1.54) is 17.0 Å². The van der Waals surface area contributed by atoms with E-state index in [9.17, 15) is 9.90 Å². The summed E-state index contributed by atoms with van der Waals surface area (Å²) in [5.41, 5.74) is 3.87. The third-order valence-electron chi connectivity index (χ3n) is 4.87. The van der Waals surface area contributed by atoms with Gasteiger partial charge >= 0.3 is 5.97 Å². The van der Waals surface area contributed by atoms with Crippen LogP contribution in [-0.2, 0) is 16.0 Å². The topological polar surface area (TPSA) is 87.4 Å². The van der Waals surface area contributed by atoms with Crippen molar-refractivity contribution in [2.45, 2.75) is 12.5 Å². The van der Waals surface area contributed by atoms with Gasteiger partial charge in [0.1, 0.15) is 0 Å². The lowest BCUT2D eigenvalue weighted by Gasteiger charge is -2.28. The van der Waals surface area contributed by atoms with E-state index in [0.29, 0.717) is 11.6 Å². The van der Waals surface area contributed by atoms with Gasteiger partial charge in [0.15, 0.2) is 6.04 Å². The molecule has 0 amide bonds. The number of aromatic nitrogens is 1. The minimum absolute atomic E-state index is 0.293. The summed E-state index contributed by atoms with van der Waals surface area (Å²) in [4.78, 5) is 18.3. The summed E-state index contributed by atoms with van der Waals surface area (Å²) in [7, 11) is 0. The summed E-state index contributed by atoms with van der Waals surface area (Å²) in [5.74, 6) is -1.00. The van der Waals surface area contributed by atoms with Crippen molar-refractivity contribution in [2.75, 3.05) is 31.2 Å². The minimum atomic E-state index is -1.00. The molecular weight excluding hydrogens is 400 g/mol. The van der Waals surface area contributed by atoms with Gasteiger partial charge in [0, 0.05) is 36.1 Å². The molecule has 1 saturated heterocycles. The molecule has 7 nitrogen and oxygen atoms in total. The van der Waals surface area contributed by atoms with Crippen LogP contribution >= 0.6 is 11.3 Å². The zero-order chi connectivity index (χ0) is 20.8.